The molecule has 98 valence electrons. The fourth-order valence-electron chi connectivity index (χ4n) is 1.57. The van der Waals surface area contributed by atoms with Gasteiger partial charge in [0.15, 0.2) is 6.29 Å². The van der Waals surface area contributed by atoms with Crippen molar-refractivity contribution >= 4 is 0 Å². The van der Waals surface area contributed by atoms with Crippen LogP contribution in [0.3, 0.4) is 0 Å². The maximum atomic E-state index is 12.6. The molecule has 0 aliphatic heterocycles. The lowest BCUT2D eigenvalue weighted by Gasteiger charge is -2.42. The molecular weight excluding hydrogens is 242 g/mol. The number of methoxy groups -OCH3 is 1. The first-order chi connectivity index (χ1) is 6.92. The molecule has 1 N–H and O–H groups in total. The molecule has 0 heterocycles. The smallest absolute Gasteiger partial charge is 0.367 e. The molecule has 0 saturated heterocycles. The molecule has 0 aromatic rings. The van der Waals surface area contributed by atoms with Crippen LogP contribution in [0.1, 0.15) is 13.8 Å². The molecule has 0 aliphatic carbocycles. The second-order valence-electron chi connectivity index (χ2n) is 3.61. The molecule has 0 aromatic carbocycles. The maximum absolute atomic E-state index is 12.6. The van der Waals surface area contributed by atoms with E-state index in [1.54, 1.807) is 0 Å². The Morgan fingerprint density at radius 1 is 0.938 bits per heavy atom. The van der Waals surface area contributed by atoms with Gasteiger partial charge in [0.05, 0.1) is 0 Å². The number of ether oxygens (including phenoxy) is 1. The van der Waals surface area contributed by atoms with Crippen molar-refractivity contribution in [1.29, 1.82) is 0 Å². The summed E-state index contributed by atoms with van der Waals surface area (Å²) in [7, 11) is 0.583. The van der Waals surface area contributed by atoms with Crippen molar-refractivity contribution in [1.82, 2.24) is 0 Å². The van der Waals surface area contributed by atoms with E-state index in [-0.39, 0.29) is 0 Å². The quantitative estimate of drug-likeness (QED) is 0.619. The van der Waals surface area contributed by atoms with E-state index >= 15 is 0 Å². The SMILES string of the molecule is COC(O)C(C(C)C)(C(F)(F)F)C(F)(F)F. The first-order valence-corrected chi connectivity index (χ1v) is 4.27. The number of hydrogen-bond donors (Lipinski definition) is 1. The van der Waals surface area contributed by atoms with Gasteiger partial charge in [-0.15, -0.1) is 0 Å². The minimum Gasteiger partial charge on any atom is -0.367 e. The molecule has 0 saturated carbocycles. The number of rotatable bonds is 3. The van der Waals surface area contributed by atoms with Crippen LogP contribution in [0, 0.1) is 11.3 Å². The highest BCUT2D eigenvalue weighted by molar-refractivity contribution is 4.98. The van der Waals surface area contributed by atoms with E-state index in [4.69, 9.17) is 5.11 Å². The third-order valence-corrected chi connectivity index (χ3v) is 2.46. The van der Waals surface area contributed by atoms with Gasteiger partial charge in [0.25, 0.3) is 0 Å². The van der Waals surface area contributed by atoms with E-state index in [0.29, 0.717) is 7.11 Å². The summed E-state index contributed by atoms with van der Waals surface area (Å²) in [5.41, 5.74) is -4.28. The lowest BCUT2D eigenvalue weighted by atomic mass is 9.74. The van der Waals surface area contributed by atoms with E-state index in [9.17, 15) is 26.3 Å². The zero-order valence-electron chi connectivity index (χ0n) is 8.78. The molecule has 0 aromatic heterocycles. The van der Waals surface area contributed by atoms with Crippen LogP contribution in [-0.4, -0.2) is 30.9 Å². The van der Waals surface area contributed by atoms with Gasteiger partial charge in [0.2, 0.25) is 5.41 Å². The summed E-state index contributed by atoms with van der Waals surface area (Å²) in [4.78, 5) is 0. The van der Waals surface area contributed by atoms with Gasteiger partial charge >= 0.3 is 12.4 Å². The molecule has 0 amide bonds. The molecule has 8 heteroatoms. The first-order valence-electron chi connectivity index (χ1n) is 4.27. The molecule has 2 nitrogen and oxygen atoms in total. The van der Waals surface area contributed by atoms with E-state index in [2.05, 4.69) is 4.74 Å². The number of halogens is 6. The molecule has 0 aliphatic rings. The van der Waals surface area contributed by atoms with Crippen LogP contribution in [0.4, 0.5) is 26.3 Å². The summed E-state index contributed by atoms with van der Waals surface area (Å²) < 4.78 is 79.4. The predicted octanol–water partition coefficient (Wildman–Crippen LogP) is 2.72. The minimum atomic E-state index is -5.66. The zero-order valence-corrected chi connectivity index (χ0v) is 8.78. The van der Waals surface area contributed by atoms with Crippen LogP contribution < -0.4 is 0 Å². The van der Waals surface area contributed by atoms with Crippen molar-refractivity contribution in [3.8, 4) is 0 Å². The van der Waals surface area contributed by atoms with Gasteiger partial charge in [-0.25, -0.2) is 0 Å². The molecule has 0 rings (SSSR count). The largest absolute Gasteiger partial charge is 0.408 e. The second-order valence-corrected chi connectivity index (χ2v) is 3.61. The van der Waals surface area contributed by atoms with Gasteiger partial charge in [-0.3, -0.25) is 0 Å². The van der Waals surface area contributed by atoms with Crippen molar-refractivity contribution in [3.05, 3.63) is 0 Å². The topological polar surface area (TPSA) is 29.5 Å². The Morgan fingerprint density at radius 3 is 1.31 bits per heavy atom. The fraction of sp³-hybridized carbons (Fsp3) is 1.00. The Morgan fingerprint density at radius 2 is 1.25 bits per heavy atom. The molecule has 0 radical (unpaired) electrons. The summed E-state index contributed by atoms with van der Waals surface area (Å²) in [6, 6.07) is 0. The van der Waals surface area contributed by atoms with Crippen LogP contribution in [-0.2, 0) is 4.74 Å². The van der Waals surface area contributed by atoms with Crippen LogP contribution in [0.2, 0.25) is 0 Å². The molecule has 1 atom stereocenters. The normalized spacial score (nSPS) is 16.7. The van der Waals surface area contributed by atoms with Gasteiger partial charge in [0, 0.05) is 7.11 Å². The third-order valence-electron chi connectivity index (χ3n) is 2.46. The van der Waals surface area contributed by atoms with Crippen molar-refractivity contribution in [3.63, 3.8) is 0 Å². The number of aliphatic hydroxyl groups is 1. The summed E-state index contributed by atoms with van der Waals surface area (Å²) in [6.07, 6.45) is -14.3. The Labute approximate surface area is 88.2 Å². The van der Waals surface area contributed by atoms with Crippen molar-refractivity contribution in [2.45, 2.75) is 32.5 Å². The molecular formula is C8H12F6O2. The van der Waals surface area contributed by atoms with E-state index in [1.165, 1.54) is 0 Å². The van der Waals surface area contributed by atoms with Crippen LogP contribution in [0.5, 0.6) is 0 Å². The molecule has 0 fully saturated rings. The van der Waals surface area contributed by atoms with E-state index in [0.717, 1.165) is 13.8 Å². The number of hydrogen-bond acceptors (Lipinski definition) is 2. The highest BCUT2D eigenvalue weighted by Gasteiger charge is 2.76. The summed E-state index contributed by atoms with van der Waals surface area (Å²) in [5, 5.41) is 8.95. The lowest BCUT2D eigenvalue weighted by Crippen LogP contribution is -2.61. The van der Waals surface area contributed by atoms with Gasteiger partial charge < -0.3 is 9.84 Å². The lowest BCUT2D eigenvalue weighted by molar-refractivity contribution is -0.409. The highest BCUT2D eigenvalue weighted by Crippen LogP contribution is 2.57. The zero-order chi connectivity index (χ0) is 13.4. The van der Waals surface area contributed by atoms with Crippen LogP contribution in [0.25, 0.3) is 0 Å². The Balaban J connectivity index is 5.81. The minimum absolute atomic E-state index is 0.583. The average molecular weight is 254 g/mol. The average Bonchev–Trinajstić information content (AvgIpc) is 1.98. The summed E-state index contributed by atoms with van der Waals surface area (Å²) in [6.45, 7) is 1.45. The Bertz CT molecular complexity index is 218. The Kier molecular flexibility index (Phi) is 4.26. The maximum Gasteiger partial charge on any atom is 0.408 e. The molecule has 1 unspecified atom stereocenters. The van der Waals surface area contributed by atoms with E-state index < -0.39 is 30.0 Å². The fourth-order valence-corrected chi connectivity index (χ4v) is 1.57. The van der Waals surface area contributed by atoms with E-state index in [1.807, 2.05) is 0 Å². The van der Waals surface area contributed by atoms with Crippen molar-refractivity contribution in [2.75, 3.05) is 7.11 Å². The standard InChI is InChI=1S/C8H12F6O2/c1-4(2)6(5(15)16-3,7(9,10)11)8(12,13)14/h4-5,15H,1-3H3. The molecule has 16 heavy (non-hydrogen) atoms. The number of alkyl halides is 6. The van der Waals surface area contributed by atoms with Gasteiger partial charge in [0.1, 0.15) is 0 Å². The third kappa shape index (κ3) is 2.13. The van der Waals surface area contributed by atoms with Gasteiger partial charge in [-0.2, -0.15) is 26.3 Å². The monoisotopic (exact) mass is 254 g/mol. The van der Waals surface area contributed by atoms with Gasteiger partial charge in [-0.1, -0.05) is 13.8 Å². The summed E-state index contributed by atoms with van der Waals surface area (Å²) in [5.74, 6) is -1.91. The summed E-state index contributed by atoms with van der Waals surface area (Å²) >= 11 is 0. The number of aliphatic hydroxyl groups excluding tert-OH is 1. The van der Waals surface area contributed by atoms with Crippen molar-refractivity contribution < 1.29 is 36.2 Å². The van der Waals surface area contributed by atoms with Crippen LogP contribution >= 0.6 is 0 Å². The molecule has 0 bridgehead atoms. The van der Waals surface area contributed by atoms with Gasteiger partial charge in [-0.05, 0) is 5.92 Å². The highest BCUT2D eigenvalue weighted by atomic mass is 19.4. The van der Waals surface area contributed by atoms with Crippen molar-refractivity contribution in [2.24, 2.45) is 11.3 Å². The molecule has 0 spiro atoms. The second kappa shape index (κ2) is 4.40. The predicted molar refractivity (Wildman–Crippen MR) is 42.4 cm³/mol. The first kappa shape index (κ1) is 15.5. The Hall–Kier alpha value is -0.500. The van der Waals surface area contributed by atoms with Crippen LogP contribution in [0.15, 0.2) is 0 Å².